The van der Waals surface area contributed by atoms with E-state index in [1.54, 1.807) is 6.11 Å². The molecule has 2 unspecified atom stereocenters. The minimum absolute atomic E-state index is 0.00874. The van der Waals surface area contributed by atoms with E-state index in [2.05, 4.69) is 23.2 Å². The van der Waals surface area contributed by atoms with Gasteiger partial charge in [-0.2, -0.15) is 13.7 Å². The molecule has 32 heavy (non-hydrogen) atoms. The van der Waals surface area contributed by atoms with Crippen LogP contribution in [0.1, 0.15) is 11.8 Å². The molecule has 0 fully saturated rings. The number of hydrogen-bond donors (Lipinski definition) is 7. The third-order valence-corrected chi connectivity index (χ3v) is 7.36. The highest BCUT2D eigenvalue weighted by Crippen LogP contribution is 2.66. The lowest BCUT2D eigenvalue weighted by atomic mass is 10.1. The number of hydrogen-bond acceptors (Lipinski definition) is 12. The maximum atomic E-state index is 11.8. The molecule has 0 saturated carbocycles. The van der Waals surface area contributed by atoms with Crippen molar-refractivity contribution in [1.82, 2.24) is 14.6 Å². The maximum absolute atomic E-state index is 11.8. The summed E-state index contributed by atoms with van der Waals surface area (Å²) in [5, 5.41) is 24.8. The molecule has 17 nitrogen and oxygen atoms in total. The number of aliphatic hydroxyl groups is 2. The van der Waals surface area contributed by atoms with Gasteiger partial charge in [0, 0.05) is 0 Å². The summed E-state index contributed by atoms with van der Waals surface area (Å²) in [6, 6.07) is 2.77. The second-order valence-corrected chi connectivity index (χ2v) is 10.2. The van der Waals surface area contributed by atoms with Crippen LogP contribution in [0.4, 0.5) is 5.82 Å². The van der Waals surface area contributed by atoms with Gasteiger partial charge in [-0.1, -0.05) is 6.42 Å². The fraction of sp³-hybridized carbons (Fsp3) is 0.333. The quantitative estimate of drug-likeness (QED) is 0.139. The van der Waals surface area contributed by atoms with Crippen LogP contribution in [0.2, 0.25) is 0 Å². The molecular weight excluding hydrogens is 501 g/mol. The standard InChI is InChI=1S/C12H17N4O13P3/c1-2-26-9(5-27-31(22,23)29-32(24,25)28-30(19,20)21)11(18)10(17)7-3-4-8-12(13)14-6-15-16(7)8/h1,3-4,6,9-11,17-18H,5H2,(H,22,23)(H,24,25)(H2,13,14,15)(H2,19,20,21)/t9-,10+,11-/m1/s1. The van der Waals surface area contributed by atoms with Crippen molar-refractivity contribution in [1.29, 1.82) is 0 Å². The van der Waals surface area contributed by atoms with Crippen molar-refractivity contribution in [3.8, 4) is 12.5 Å². The van der Waals surface area contributed by atoms with E-state index in [-0.39, 0.29) is 17.0 Å². The van der Waals surface area contributed by atoms with Gasteiger partial charge in [0.25, 0.3) is 0 Å². The molecule has 2 rings (SSSR count). The van der Waals surface area contributed by atoms with E-state index < -0.39 is 48.4 Å². The Morgan fingerprint density at radius 3 is 2.38 bits per heavy atom. The minimum atomic E-state index is -5.75. The largest absolute Gasteiger partial charge is 0.490 e. The third kappa shape index (κ3) is 7.06. The molecule has 0 aliphatic heterocycles. The molecule has 0 radical (unpaired) electrons. The summed E-state index contributed by atoms with van der Waals surface area (Å²) >= 11 is 0. The Balaban J connectivity index is 2.14. The van der Waals surface area contributed by atoms with Gasteiger partial charge in [-0.25, -0.2) is 23.2 Å². The first-order valence-corrected chi connectivity index (χ1v) is 12.5. The molecule has 0 bridgehead atoms. The number of anilines is 1. The van der Waals surface area contributed by atoms with Gasteiger partial charge in [0.1, 0.15) is 30.2 Å². The SMILES string of the molecule is C#CO[C@H](COP(=O)(O)OP(=O)(O)OP(=O)(O)O)[C@@H](O)[C@@H](O)c1ccc2c(N)ncnn12. The van der Waals surface area contributed by atoms with Crippen molar-refractivity contribution in [2.45, 2.75) is 18.3 Å². The predicted molar refractivity (Wildman–Crippen MR) is 102 cm³/mol. The molecule has 0 aliphatic rings. The van der Waals surface area contributed by atoms with Gasteiger partial charge >= 0.3 is 23.5 Å². The second kappa shape index (κ2) is 9.94. The maximum Gasteiger partial charge on any atom is 0.490 e. The highest BCUT2D eigenvalue weighted by Gasteiger charge is 2.42. The Morgan fingerprint density at radius 1 is 1.12 bits per heavy atom. The lowest BCUT2D eigenvalue weighted by Crippen LogP contribution is -2.37. The lowest BCUT2D eigenvalue weighted by Gasteiger charge is -2.25. The first-order valence-electron chi connectivity index (χ1n) is 7.99. The van der Waals surface area contributed by atoms with Crippen molar-refractivity contribution in [2.24, 2.45) is 0 Å². The van der Waals surface area contributed by atoms with Crippen molar-refractivity contribution < 1.29 is 61.4 Å². The summed E-state index contributed by atoms with van der Waals surface area (Å²) in [7, 11) is -16.8. The number of phosphoric ester groups is 1. The Morgan fingerprint density at radius 2 is 1.78 bits per heavy atom. The van der Waals surface area contributed by atoms with Crippen LogP contribution in [0.25, 0.3) is 5.52 Å². The monoisotopic (exact) mass is 518 g/mol. The van der Waals surface area contributed by atoms with Gasteiger partial charge in [-0.15, -0.1) is 0 Å². The van der Waals surface area contributed by atoms with Crippen molar-refractivity contribution in [3.05, 3.63) is 24.2 Å². The molecule has 5 atom stereocenters. The van der Waals surface area contributed by atoms with Crippen LogP contribution in [0.3, 0.4) is 0 Å². The van der Waals surface area contributed by atoms with Gasteiger partial charge < -0.3 is 40.3 Å². The number of nitrogen functional groups attached to an aromatic ring is 1. The van der Waals surface area contributed by atoms with Crippen LogP contribution < -0.4 is 5.73 Å². The van der Waals surface area contributed by atoms with Gasteiger partial charge in [0.05, 0.1) is 12.3 Å². The van der Waals surface area contributed by atoms with E-state index in [4.69, 9.17) is 31.6 Å². The molecule has 0 amide bonds. The third-order valence-electron chi connectivity index (χ3n) is 3.56. The molecule has 0 aromatic carbocycles. The molecule has 8 N–H and O–H groups in total. The van der Waals surface area contributed by atoms with Gasteiger partial charge in [0.15, 0.2) is 11.9 Å². The zero-order valence-electron chi connectivity index (χ0n) is 15.6. The average Bonchev–Trinajstić information content (AvgIpc) is 3.06. The van der Waals surface area contributed by atoms with Crippen LogP contribution in [0.5, 0.6) is 0 Å². The van der Waals surface area contributed by atoms with E-state index in [1.165, 1.54) is 12.1 Å². The molecule has 0 spiro atoms. The first kappa shape index (κ1) is 26.4. The summed E-state index contributed by atoms with van der Waals surface area (Å²) in [4.78, 5) is 39.4. The summed E-state index contributed by atoms with van der Waals surface area (Å²) in [5.74, 6) is 0.0667. The average molecular weight is 518 g/mol. The first-order chi connectivity index (χ1) is 14.7. The van der Waals surface area contributed by atoms with Crippen LogP contribution in [0.15, 0.2) is 18.5 Å². The number of nitrogens with zero attached hydrogens (tertiary/aromatic N) is 3. The highest BCUT2D eigenvalue weighted by atomic mass is 31.3. The second-order valence-electron chi connectivity index (χ2n) is 5.80. The number of ether oxygens (including phenoxy) is 1. The topological polar surface area (TPSA) is 266 Å². The summed E-state index contributed by atoms with van der Waals surface area (Å²) in [5.41, 5.74) is 5.95. The van der Waals surface area contributed by atoms with Crippen LogP contribution in [0, 0.1) is 12.5 Å². The van der Waals surface area contributed by atoms with E-state index >= 15 is 0 Å². The summed E-state index contributed by atoms with van der Waals surface area (Å²) in [6.45, 7) is -1.10. The fourth-order valence-electron chi connectivity index (χ4n) is 2.34. The van der Waals surface area contributed by atoms with Gasteiger partial charge in [-0.05, 0) is 12.1 Å². The predicted octanol–water partition coefficient (Wildman–Crippen LogP) is -0.975. The fourth-order valence-corrected chi connectivity index (χ4v) is 5.37. The summed E-state index contributed by atoms with van der Waals surface area (Å²) < 4.78 is 51.1. The number of phosphoric acid groups is 3. The van der Waals surface area contributed by atoms with E-state index in [0.29, 0.717) is 0 Å². The Hall–Kier alpha value is -1.89. The molecule has 2 aromatic heterocycles. The number of nitrogens with two attached hydrogens (primary N) is 1. The van der Waals surface area contributed by atoms with E-state index in [9.17, 15) is 28.8 Å². The number of terminal acetylenes is 1. The number of aliphatic hydroxyl groups excluding tert-OH is 2. The lowest BCUT2D eigenvalue weighted by molar-refractivity contribution is -0.0776. The van der Waals surface area contributed by atoms with Crippen molar-refractivity contribution in [2.75, 3.05) is 12.3 Å². The van der Waals surface area contributed by atoms with Crippen molar-refractivity contribution in [3.63, 3.8) is 0 Å². The number of aromatic nitrogens is 3. The smallest absolute Gasteiger partial charge is 0.438 e. The van der Waals surface area contributed by atoms with Gasteiger partial charge in [0.2, 0.25) is 0 Å². The minimum Gasteiger partial charge on any atom is -0.438 e. The van der Waals surface area contributed by atoms with E-state index in [1.807, 2.05) is 0 Å². The number of rotatable bonds is 11. The van der Waals surface area contributed by atoms with Crippen molar-refractivity contribution >= 4 is 34.8 Å². The van der Waals surface area contributed by atoms with E-state index in [0.717, 1.165) is 10.8 Å². The molecule has 2 heterocycles. The zero-order chi connectivity index (χ0) is 24.3. The van der Waals surface area contributed by atoms with Crippen LogP contribution >= 0.6 is 23.5 Å². The van der Waals surface area contributed by atoms with Crippen LogP contribution in [-0.4, -0.2) is 63.2 Å². The Bertz CT molecular complexity index is 1140. The molecule has 2 aromatic rings. The molecule has 0 aliphatic carbocycles. The summed E-state index contributed by atoms with van der Waals surface area (Å²) in [6.07, 6.45) is 2.32. The molecule has 178 valence electrons. The Kier molecular flexibility index (Phi) is 8.19. The Labute approximate surface area is 178 Å². The van der Waals surface area contributed by atoms with Crippen LogP contribution in [-0.2, 0) is 31.6 Å². The highest BCUT2D eigenvalue weighted by molar-refractivity contribution is 7.66. The normalized spacial score (nSPS) is 18.8. The molecule has 20 heteroatoms. The molecular formula is C12H17N4O13P3. The molecule has 0 saturated heterocycles. The zero-order valence-corrected chi connectivity index (χ0v) is 18.2. The number of fused-ring (bicyclic) bond motifs is 1. The van der Waals surface area contributed by atoms with Gasteiger partial charge in [-0.3, -0.25) is 4.52 Å².